The number of hydrogen-bond donors (Lipinski definition) is 1. The molecule has 0 spiro atoms. The molecule has 0 atom stereocenters. The summed E-state index contributed by atoms with van der Waals surface area (Å²) in [5.74, 6) is 0.346. The second-order valence-electron chi connectivity index (χ2n) is 6.05. The zero-order chi connectivity index (χ0) is 18.5. The summed E-state index contributed by atoms with van der Waals surface area (Å²) in [5.41, 5.74) is 1.60. The Morgan fingerprint density at radius 3 is 3.00 bits per heavy atom. The lowest BCUT2D eigenvalue weighted by molar-refractivity contribution is -0.124. The van der Waals surface area contributed by atoms with Crippen LogP contribution in [0.5, 0.6) is 0 Å². The minimum Gasteiger partial charge on any atom is -0.385 e. The molecule has 0 bridgehead atoms. The Kier molecular flexibility index (Phi) is 5.90. The van der Waals surface area contributed by atoms with E-state index in [-0.39, 0.29) is 18.4 Å². The molecule has 8 heteroatoms. The molecule has 2 amide bonds. The molecule has 3 rings (SSSR count). The van der Waals surface area contributed by atoms with Crippen molar-refractivity contribution in [3.8, 4) is 11.3 Å². The molecule has 0 fully saturated rings. The number of nitrogens with zero attached hydrogens (tertiary/aromatic N) is 3. The zero-order valence-electron chi connectivity index (χ0n) is 14.6. The summed E-state index contributed by atoms with van der Waals surface area (Å²) >= 11 is 6.05. The fraction of sp³-hybridized carbons (Fsp3) is 0.389. The van der Waals surface area contributed by atoms with Crippen LogP contribution in [-0.4, -0.2) is 48.4 Å². The number of carbonyl (C=O) groups is 2. The number of nitrogens with one attached hydrogen (secondary N) is 1. The van der Waals surface area contributed by atoms with Crippen molar-refractivity contribution < 1.29 is 14.3 Å². The Morgan fingerprint density at radius 1 is 1.38 bits per heavy atom. The average Bonchev–Trinajstić information content (AvgIpc) is 3.06. The van der Waals surface area contributed by atoms with Crippen molar-refractivity contribution in [2.24, 2.45) is 0 Å². The van der Waals surface area contributed by atoms with Crippen LogP contribution in [0, 0.1) is 0 Å². The van der Waals surface area contributed by atoms with Crippen LogP contribution in [0.15, 0.2) is 30.3 Å². The average molecular weight is 377 g/mol. The van der Waals surface area contributed by atoms with Crippen LogP contribution >= 0.6 is 11.6 Å². The topological polar surface area (TPSA) is 76.5 Å². The zero-order valence-corrected chi connectivity index (χ0v) is 15.3. The Hall–Kier alpha value is -2.38. The molecule has 1 aromatic carbocycles. The summed E-state index contributed by atoms with van der Waals surface area (Å²) in [6.45, 7) is 1.58. The molecule has 2 aromatic rings. The number of aromatic nitrogens is 2. The summed E-state index contributed by atoms with van der Waals surface area (Å²) in [5, 5.41) is 7.98. The van der Waals surface area contributed by atoms with Crippen LogP contribution in [0.4, 0.5) is 5.82 Å². The Bertz CT molecular complexity index is 805. The maximum absolute atomic E-state index is 12.3. The number of aryl methyl sites for hydroxylation is 1. The first-order valence-corrected chi connectivity index (χ1v) is 8.86. The highest BCUT2D eigenvalue weighted by Gasteiger charge is 2.28. The van der Waals surface area contributed by atoms with Crippen molar-refractivity contribution >= 4 is 29.2 Å². The third kappa shape index (κ3) is 4.23. The van der Waals surface area contributed by atoms with Gasteiger partial charge in [0.05, 0.1) is 12.2 Å². The fourth-order valence-electron chi connectivity index (χ4n) is 2.85. The Morgan fingerprint density at radius 2 is 2.23 bits per heavy atom. The van der Waals surface area contributed by atoms with Gasteiger partial charge in [0.1, 0.15) is 12.4 Å². The van der Waals surface area contributed by atoms with Crippen molar-refractivity contribution in [2.75, 3.05) is 31.7 Å². The van der Waals surface area contributed by atoms with E-state index >= 15 is 0 Å². The van der Waals surface area contributed by atoms with Gasteiger partial charge in [-0.2, -0.15) is 5.10 Å². The summed E-state index contributed by atoms with van der Waals surface area (Å²) in [6, 6.07) is 9.21. The number of amides is 2. The number of anilines is 1. The lowest BCUT2D eigenvalue weighted by atomic mass is 10.1. The molecule has 26 heavy (non-hydrogen) atoms. The van der Waals surface area contributed by atoms with Gasteiger partial charge in [0, 0.05) is 43.3 Å². The molecule has 0 saturated carbocycles. The predicted molar refractivity (Wildman–Crippen MR) is 99.1 cm³/mol. The van der Waals surface area contributed by atoms with Gasteiger partial charge in [-0.15, -0.1) is 0 Å². The molecule has 1 N–H and O–H groups in total. The third-order valence-electron chi connectivity index (χ3n) is 4.14. The van der Waals surface area contributed by atoms with Gasteiger partial charge >= 0.3 is 0 Å². The quantitative estimate of drug-likeness (QED) is 0.751. The number of rotatable bonds is 7. The van der Waals surface area contributed by atoms with E-state index in [4.69, 9.17) is 16.3 Å². The smallest absolute Gasteiger partial charge is 0.240 e. The maximum atomic E-state index is 12.3. The van der Waals surface area contributed by atoms with E-state index in [0.717, 1.165) is 17.7 Å². The largest absolute Gasteiger partial charge is 0.385 e. The van der Waals surface area contributed by atoms with Crippen molar-refractivity contribution in [1.29, 1.82) is 0 Å². The van der Waals surface area contributed by atoms with Crippen LogP contribution in [0.2, 0.25) is 5.02 Å². The molecule has 2 heterocycles. The minimum absolute atomic E-state index is 0.0213. The van der Waals surface area contributed by atoms with E-state index in [2.05, 4.69) is 10.4 Å². The van der Waals surface area contributed by atoms with Crippen LogP contribution in [0.1, 0.15) is 12.8 Å². The lowest BCUT2D eigenvalue weighted by Gasteiger charge is -2.26. The van der Waals surface area contributed by atoms with Gasteiger partial charge in [-0.05, 0) is 18.6 Å². The number of methoxy groups -OCH3 is 1. The fourth-order valence-corrected chi connectivity index (χ4v) is 3.05. The molecular formula is C18H21ClN4O3. The van der Waals surface area contributed by atoms with Gasteiger partial charge in [-0.25, -0.2) is 4.68 Å². The van der Waals surface area contributed by atoms with Crippen molar-refractivity contribution in [1.82, 2.24) is 15.1 Å². The molecule has 138 valence electrons. The van der Waals surface area contributed by atoms with Crippen LogP contribution in [-0.2, 0) is 20.9 Å². The summed E-state index contributed by atoms with van der Waals surface area (Å²) in [4.78, 5) is 26.0. The van der Waals surface area contributed by atoms with Gasteiger partial charge in [0.15, 0.2) is 0 Å². The van der Waals surface area contributed by atoms with Crippen LogP contribution < -0.4 is 10.2 Å². The number of halogens is 1. The monoisotopic (exact) mass is 376 g/mol. The van der Waals surface area contributed by atoms with E-state index in [0.29, 0.717) is 37.0 Å². The summed E-state index contributed by atoms with van der Waals surface area (Å²) in [6.07, 6.45) is 1.05. The van der Waals surface area contributed by atoms with E-state index < -0.39 is 0 Å². The van der Waals surface area contributed by atoms with Gasteiger partial charge in [-0.1, -0.05) is 23.7 Å². The number of fused-ring (bicyclic) bond motifs is 1. The van der Waals surface area contributed by atoms with Crippen molar-refractivity contribution in [3.63, 3.8) is 0 Å². The van der Waals surface area contributed by atoms with Crippen molar-refractivity contribution in [3.05, 3.63) is 35.4 Å². The highest BCUT2D eigenvalue weighted by Crippen LogP contribution is 2.29. The molecule has 1 aliphatic rings. The first-order valence-electron chi connectivity index (χ1n) is 8.48. The van der Waals surface area contributed by atoms with Crippen LogP contribution in [0.3, 0.4) is 0 Å². The second kappa shape index (κ2) is 8.33. The highest BCUT2D eigenvalue weighted by atomic mass is 35.5. The molecular weight excluding hydrogens is 356 g/mol. The normalized spacial score (nSPS) is 13.6. The number of benzene rings is 1. The molecule has 0 unspecified atom stereocenters. The SMILES string of the molecule is COCCCNC(=O)CN1C(=O)CCn2nc(-c3cccc(Cl)c3)cc21. The predicted octanol–water partition coefficient (Wildman–Crippen LogP) is 2.09. The number of hydrogen-bond acceptors (Lipinski definition) is 4. The first kappa shape index (κ1) is 18.4. The molecule has 1 aromatic heterocycles. The molecule has 1 aliphatic heterocycles. The van der Waals surface area contributed by atoms with Gasteiger partial charge in [-0.3, -0.25) is 14.5 Å². The Balaban J connectivity index is 1.75. The van der Waals surface area contributed by atoms with E-state index in [9.17, 15) is 9.59 Å². The molecule has 0 radical (unpaired) electrons. The standard InChI is InChI=1S/C18H21ClN4O3/c1-26-9-3-7-20-16(24)12-22-17-11-15(13-4-2-5-14(19)10-13)21-23(17)8-6-18(22)25/h2,4-5,10-11H,3,6-9,12H2,1H3,(H,20,24). The highest BCUT2D eigenvalue weighted by molar-refractivity contribution is 6.30. The maximum Gasteiger partial charge on any atom is 0.240 e. The number of carbonyl (C=O) groups excluding carboxylic acids is 2. The number of ether oxygens (including phenoxy) is 1. The van der Waals surface area contributed by atoms with Crippen molar-refractivity contribution in [2.45, 2.75) is 19.4 Å². The Labute approximate surface area is 156 Å². The third-order valence-corrected chi connectivity index (χ3v) is 4.38. The van der Waals surface area contributed by atoms with E-state index in [1.54, 1.807) is 17.9 Å². The summed E-state index contributed by atoms with van der Waals surface area (Å²) < 4.78 is 6.71. The minimum atomic E-state index is -0.201. The summed E-state index contributed by atoms with van der Waals surface area (Å²) in [7, 11) is 1.62. The van der Waals surface area contributed by atoms with E-state index in [1.165, 1.54) is 4.90 Å². The second-order valence-corrected chi connectivity index (χ2v) is 6.48. The van der Waals surface area contributed by atoms with E-state index in [1.807, 2.05) is 24.3 Å². The van der Waals surface area contributed by atoms with Gasteiger partial charge < -0.3 is 10.1 Å². The molecule has 7 nitrogen and oxygen atoms in total. The van der Waals surface area contributed by atoms with Gasteiger partial charge in [0.2, 0.25) is 11.8 Å². The lowest BCUT2D eigenvalue weighted by Crippen LogP contribution is -2.44. The van der Waals surface area contributed by atoms with Crippen LogP contribution in [0.25, 0.3) is 11.3 Å². The first-order chi connectivity index (χ1) is 12.6. The van der Waals surface area contributed by atoms with Gasteiger partial charge in [0.25, 0.3) is 0 Å². The molecule has 0 saturated heterocycles. The molecule has 0 aliphatic carbocycles.